The van der Waals surface area contributed by atoms with Crippen LogP contribution in [0.4, 0.5) is 0 Å². The molecule has 9 unspecified atom stereocenters. The van der Waals surface area contributed by atoms with Gasteiger partial charge in [-0.25, -0.2) is 0 Å². The second kappa shape index (κ2) is 9.21. The summed E-state index contributed by atoms with van der Waals surface area (Å²) in [7, 11) is 0. The molecule has 3 saturated carbocycles. The van der Waals surface area contributed by atoms with Crippen LogP contribution < -0.4 is 5.32 Å². The number of rotatable bonds is 5. The molecule has 0 aromatic heterocycles. The van der Waals surface area contributed by atoms with E-state index in [0.717, 1.165) is 0 Å². The van der Waals surface area contributed by atoms with Gasteiger partial charge in [-0.3, -0.25) is 14.5 Å². The molecular weight excluding hydrogens is 448 g/mol. The monoisotopic (exact) mass is 492 g/mol. The molecule has 35 heavy (non-hydrogen) atoms. The van der Waals surface area contributed by atoms with E-state index in [4.69, 9.17) is 4.74 Å². The smallest absolute Gasteiger partial charge is 0.320 e. The second-order valence-electron chi connectivity index (χ2n) is 12.4. The highest BCUT2D eigenvalue weighted by Crippen LogP contribution is 2.69. The first-order valence-corrected chi connectivity index (χ1v) is 13.2. The fraction of sp³-hybridized carbons (Fsp3) is 0.852. The lowest BCUT2D eigenvalue weighted by molar-refractivity contribution is -0.252. The average molecular weight is 493 g/mol. The number of ether oxygens (including phenoxy) is 1. The number of carbonyl (C=O) groups excluding carboxylic acids is 2. The lowest BCUT2D eigenvalue weighted by atomic mass is 9.42. The zero-order valence-electron chi connectivity index (χ0n) is 21.8. The Morgan fingerprint density at radius 2 is 1.97 bits per heavy atom. The zero-order valence-corrected chi connectivity index (χ0v) is 21.8. The number of piperazine rings is 1. The van der Waals surface area contributed by atoms with Crippen molar-refractivity contribution in [2.24, 2.45) is 28.1 Å². The largest absolute Gasteiger partial charge is 0.458 e. The number of nitrogens with one attached hydrogen (secondary N) is 1. The van der Waals surface area contributed by atoms with Gasteiger partial charge in [0.05, 0.1) is 25.4 Å². The standard InChI is InChI=1S/C27H44N2O6/c1-6-24(3)13-20(32)26(5)22-19(31)7-8-27(22,17(2)23(24)34)10-9-25(26,4)35-21(33)15-29-12-11-28-18(14-29)16-30/h6,17-18,20,22-23,28,30,32,34H,1,7-16H2,2-5H3. The van der Waals surface area contributed by atoms with Crippen LogP contribution in [0.1, 0.15) is 59.8 Å². The van der Waals surface area contributed by atoms with E-state index in [-0.39, 0.29) is 43.3 Å². The van der Waals surface area contributed by atoms with E-state index in [1.807, 2.05) is 32.6 Å². The summed E-state index contributed by atoms with van der Waals surface area (Å²) >= 11 is 0. The van der Waals surface area contributed by atoms with Crippen molar-refractivity contribution in [3.05, 3.63) is 12.7 Å². The molecule has 3 aliphatic carbocycles. The molecule has 4 rings (SSSR count). The molecule has 8 heteroatoms. The molecule has 0 spiro atoms. The highest BCUT2D eigenvalue weighted by Gasteiger charge is 2.72. The number of ketones is 1. The van der Waals surface area contributed by atoms with Gasteiger partial charge in [-0.2, -0.15) is 0 Å². The topological polar surface area (TPSA) is 119 Å². The van der Waals surface area contributed by atoms with Gasteiger partial charge in [-0.1, -0.05) is 26.8 Å². The van der Waals surface area contributed by atoms with Crippen molar-refractivity contribution in [2.45, 2.75) is 83.6 Å². The average Bonchev–Trinajstić information content (AvgIpc) is 3.18. The molecule has 8 nitrogen and oxygen atoms in total. The van der Waals surface area contributed by atoms with Crippen LogP contribution in [0.25, 0.3) is 0 Å². The Labute approximate surface area is 209 Å². The summed E-state index contributed by atoms with van der Waals surface area (Å²) in [5, 5.41) is 35.9. The Kier molecular flexibility index (Phi) is 7.03. The van der Waals surface area contributed by atoms with Gasteiger partial charge >= 0.3 is 5.97 Å². The summed E-state index contributed by atoms with van der Waals surface area (Å²) in [5.74, 6) is -0.930. The predicted molar refractivity (Wildman–Crippen MR) is 131 cm³/mol. The van der Waals surface area contributed by atoms with Crippen LogP contribution in [-0.4, -0.2) is 88.6 Å². The molecule has 4 fully saturated rings. The molecule has 4 aliphatic rings. The Hall–Kier alpha value is -1.32. The van der Waals surface area contributed by atoms with Gasteiger partial charge in [0.1, 0.15) is 11.4 Å². The minimum atomic E-state index is -1.04. The van der Waals surface area contributed by atoms with Gasteiger partial charge in [0.25, 0.3) is 0 Å². The number of aliphatic hydroxyl groups excluding tert-OH is 3. The Morgan fingerprint density at radius 3 is 2.63 bits per heavy atom. The summed E-state index contributed by atoms with van der Waals surface area (Å²) in [6.45, 7) is 13.8. The van der Waals surface area contributed by atoms with Crippen LogP contribution in [-0.2, 0) is 14.3 Å². The molecule has 0 radical (unpaired) electrons. The van der Waals surface area contributed by atoms with Crippen LogP contribution in [0.2, 0.25) is 0 Å². The third-order valence-electron chi connectivity index (χ3n) is 10.6. The first-order valence-electron chi connectivity index (χ1n) is 13.2. The van der Waals surface area contributed by atoms with E-state index < -0.39 is 40.0 Å². The maximum atomic E-state index is 13.5. The van der Waals surface area contributed by atoms with Crippen molar-refractivity contribution < 1.29 is 29.6 Å². The minimum absolute atomic E-state index is 0.00546. The molecule has 0 aromatic carbocycles. The van der Waals surface area contributed by atoms with E-state index in [2.05, 4.69) is 11.9 Å². The van der Waals surface area contributed by atoms with Crippen LogP contribution in [0.3, 0.4) is 0 Å². The number of hydrogen-bond acceptors (Lipinski definition) is 8. The van der Waals surface area contributed by atoms with Crippen LogP contribution in [0.15, 0.2) is 12.7 Å². The molecule has 0 aromatic rings. The van der Waals surface area contributed by atoms with Gasteiger partial charge in [-0.05, 0) is 43.9 Å². The lowest BCUT2D eigenvalue weighted by Crippen LogP contribution is -2.69. The normalized spacial score (nSPS) is 48.5. The van der Waals surface area contributed by atoms with Gasteiger partial charge in [-0.15, -0.1) is 6.58 Å². The van der Waals surface area contributed by atoms with Crippen LogP contribution in [0.5, 0.6) is 0 Å². The number of Topliss-reactive ketones (excluding diaryl/α,β-unsaturated/α-hetero) is 1. The number of esters is 1. The molecule has 2 bridgehead atoms. The third-order valence-corrected chi connectivity index (χ3v) is 10.6. The molecule has 4 N–H and O–H groups in total. The number of hydrogen-bond donors (Lipinski definition) is 4. The van der Waals surface area contributed by atoms with Crippen molar-refractivity contribution in [2.75, 3.05) is 32.8 Å². The Bertz CT molecular complexity index is 867. The third kappa shape index (κ3) is 4.00. The summed E-state index contributed by atoms with van der Waals surface area (Å²) in [6.07, 6.45) is 2.55. The van der Waals surface area contributed by atoms with Crippen LogP contribution in [0, 0.1) is 28.1 Å². The SMILES string of the molecule is C=CC1(C)CC(O)C2(C)C3C(=O)CCC3(CCC2(C)OC(=O)CN2CCNC(CO)C2)C(C)C1O. The van der Waals surface area contributed by atoms with Crippen LogP contribution >= 0.6 is 0 Å². The Morgan fingerprint density at radius 1 is 1.26 bits per heavy atom. The quantitative estimate of drug-likeness (QED) is 0.335. The lowest BCUT2D eigenvalue weighted by Gasteiger charge is -2.64. The van der Waals surface area contributed by atoms with Gasteiger partial charge in [0, 0.05) is 48.8 Å². The fourth-order valence-corrected chi connectivity index (χ4v) is 8.10. The number of aliphatic hydroxyl groups is 3. The van der Waals surface area contributed by atoms with Gasteiger partial charge in [0.15, 0.2) is 0 Å². The maximum Gasteiger partial charge on any atom is 0.320 e. The molecule has 1 saturated heterocycles. The van der Waals surface area contributed by atoms with Crippen molar-refractivity contribution >= 4 is 11.8 Å². The molecular formula is C27H44N2O6. The molecule has 9 atom stereocenters. The molecule has 0 amide bonds. The summed E-state index contributed by atoms with van der Waals surface area (Å²) in [4.78, 5) is 28.7. The van der Waals surface area contributed by atoms with Crippen molar-refractivity contribution in [1.82, 2.24) is 10.2 Å². The summed E-state index contributed by atoms with van der Waals surface area (Å²) in [6, 6.07) is -0.0759. The van der Waals surface area contributed by atoms with E-state index >= 15 is 0 Å². The van der Waals surface area contributed by atoms with Gasteiger partial charge < -0.3 is 25.4 Å². The number of carbonyl (C=O) groups is 2. The zero-order chi connectivity index (χ0) is 25.8. The highest BCUT2D eigenvalue weighted by molar-refractivity contribution is 5.86. The first kappa shape index (κ1) is 26.7. The van der Waals surface area contributed by atoms with E-state index in [1.54, 1.807) is 6.08 Å². The van der Waals surface area contributed by atoms with Crippen molar-refractivity contribution in [3.8, 4) is 0 Å². The van der Waals surface area contributed by atoms with E-state index in [0.29, 0.717) is 45.3 Å². The number of nitrogens with zero attached hydrogens (tertiary/aromatic N) is 1. The fourth-order valence-electron chi connectivity index (χ4n) is 8.10. The minimum Gasteiger partial charge on any atom is -0.458 e. The first-order chi connectivity index (χ1) is 16.4. The van der Waals surface area contributed by atoms with Crippen molar-refractivity contribution in [1.29, 1.82) is 0 Å². The summed E-state index contributed by atoms with van der Waals surface area (Å²) in [5.41, 5.74) is -3.21. The molecule has 1 aliphatic heterocycles. The summed E-state index contributed by atoms with van der Waals surface area (Å²) < 4.78 is 6.26. The predicted octanol–water partition coefficient (Wildman–Crippen LogP) is 1.27. The maximum absolute atomic E-state index is 13.5. The second-order valence-corrected chi connectivity index (χ2v) is 12.4. The highest BCUT2D eigenvalue weighted by atomic mass is 16.6. The van der Waals surface area contributed by atoms with Crippen molar-refractivity contribution in [3.63, 3.8) is 0 Å². The molecule has 1 heterocycles. The van der Waals surface area contributed by atoms with E-state index in [1.165, 1.54) is 0 Å². The van der Waals surface area contributed by atoms with E-state index in [9.17, 15) is 24.9 Å². The van der Waals surface area contributed by atoms with Gasteiger partial charge in [0.2, 0.25) is 0 Å². The molecule has 198 valence electrons. The Balaban J connectivity index is 1.68.